The van der Waals surface area contributed by atoms with Gasteiger partial charge >= 0.3 is 0 Å². The lowest BCUT2D eigenvalue weighted by Crippen LogP contribution is -2.77. The van der Waals surface area contributed by atoms with Gasteiger partial charge in [0.15, 0.2) is 8.07 Å². The third-order valence-corrected chi connectivity index (χ3v) is 21.4. The van der Waals surface area contributed by atoms with Crippen LogP contribution in [0.1, 0.15) is 152 Å². The Kier molecular flexibility index (Phi) is 7.78. The number of benzene rings is 7. The number of hydrogen-bond acceptors (Lipinski definition) is 0. The van der Waals surface area contributed by atoms with Gasteiger partial charge in [0.25, 0.3) is 6.71 Å². The fourth-order valence-corrected chi connectivity index (χ4v) is 18.9. The quantitative estimate of drug-likeness (QED) is 0.148. The van der Waals surface area contributed by atoms with E-state index in [-0.39, 0.29) is 6.71 Å². The molecule has 0 amide bonds. The van der Waals surface area contributed by atoms with Crippen LogP contribution in [-0.4, -0.2) is 23.9 Å². The standard InChI is InChI=1S/C60H59BN2Si/c1-30(2)36-16-21-50-42(24-36)43-25-37(31(3)4)17-22-51(43)64(50)52-23-20-49-56-60(52)63-57-44(45-27-39(33(7)8)29-53(64)58(45)63)26-38(32(5)6)28-47(57)61(56)46-19-18-41(35(11)12)55-54-40(34(9)10)14-13-15-48(54)62(49)59(46)55/h13-35H,1-12H3. The SMILES string of the molecule is CC(C)c1ccc2c(c1)-c1cc(C(C)C)ccc1[Si]21c2ccc3c4c2-n2c5c(cc(C(C)C)cc5c5cc(C(C)C)cc1c52)B4c1ccc(C(C)C)c2c4c(C(C)C)cccc4n-3c12. The first-order valence-corrected chi connectivity index (χ1v) is 26.5. The van der Waals surface area contributed by atoms with Gasteiger partial charge in [-0.15, -0.1) is 0 Å². The van der Waals surface area contributed by atoms with Gasteiger partial charge in [0, 0.05) is 44.0 Å². The van der Waals surface area contributed by atoms with Crippen molar-refractivity contribution in [3.63, 3.8) is 0 Å². The Balaban J connectivity index is 1.30. The van der Waals surface area contributed by atoms with Crippen LogP contribution in [0.15, 0.2) is 103 Å². The highest BCUT2D eigenvalue weighted by molar-refractivity contribution is 7.24. The molecule has 0 unspecified atom stereocenters. The van der Waals surface area contributed by atoms with E-state index < -0.39 is 8.07 Å². The van der Waals surface area contributed by atoms with Gasteiger partial charge in [0.05, 0.1) is 11.0 Å². The second kappa shape index (κ2) is 12.8. The molecule has 9 aromatic rings. The summed E-state index contributed by atoms with van der Waals surface area (Å²) in [6, 6.07) is 43.3. The molecular formula is C60H59BN2Si. The molecule has 0 radical (unpaired) electrons. The number of fused-ring (bicyclic) bond motifs is 14. The van der Waals surface area contributed by atoms with E-state index in [4.69, 9.17) is 0 Å². The summed E-state index contributed by atoms with van der Waals surface area (Å²) in [6.07, 6.45) is 0. The van der Waals surface area contributed by atoms with E-state index in [1.54, 1.807) is 20.7 Å². The summed E-state index contributed by atoms with van der Waals surface area (Å²) in [4.78, 5) is 0. The van der Waals surface area contributed by atoms with Crippen LogP contribution in [0.5, 0.6) is 0 Å². The van der Waals surface area contributed by atoms with Gasteiger partial charge < -0.3 is 9.13 Å². The maximum absolute atomic E-state index is 2.94. The molecule has 0 atom stereocenters. The molecule has 13 rings (SSSR count). The molecule has 4 aliphatic heterocycles. The Morgan fingerprint density at radius 1 is 0.422 bits per heavy atom. The van der Waals surface area contributed by atoms with Crippen LogP contribution in [0.2, 0.25) is 0 Å². The first-order chi connectivity index (χ1) is 30.7. The van der Waals surface area contributed by atoms with Crippen molar-refractivity contribution >= 4 is 95.5 Å². The highest BCUT2D eigenvalue weighted by Crippen LogP contribution is 2.46. The summed E-state index contributed by atoms with van der Waals surface area (Å²) in [5.41, 5.74) is 24.5. The van der Waals surface area contributed by atoms with Gasteiger partial charge in [-0.25, -0.2) is 0 Å². The summed E-state index contributed by atoms with van der Waals surface area (Å²) in [5.74, 6) is 2.50. The Bertz CT molecular complexity index is 3530. The molecule has 0 bridgehead atoms. The van der Waals surface area contributed by atoms with Gasteiger partial charge in [-0.1, -0.05) is 162 Å². The normalized spacial score (nSPS) is 14.9. The summed E-state index contributed by atoms with van der Waals surface area (Å²) >= 11 is 0. The summed E-state index contributed by atoms with van der Waals surface area (Å²) in [7, 11) is -2.94. The third-order valence-electron chi connectivity index (χ3n) is 16.5. The van der Waals surface area contributed by atoms with Crippen molar-refractivity contribution in [3.05, 3.63) is 137 Å². The highest BCUT2D eigenvalue weighted by Gasteiger charge is 2.56. The van der Waals surface area contributed by atoms with E-state index in [0.717, 1.165) is 0 Å². The van der Waals surface area contributed by atoms with Crippen LogP contribution < -0.4 is 37.1 Å². The third kappa shape index (κ3) is 4.49. The van der Waals surface area contributed by atoms with Crippen molar-refractivity contribution in [2.24, 2.45) is 0 Å². The number of aromatic nitrogens is 2. The Morgan fingerprint density at radius 3 is 1.61 bits per heavy atom. The molecule has 7 aromatic carbocycles. The first kappa shape index (κ1) is 38.8. The minimum Gasteiger partial charge on any atom is -0.310 e. The van der Waals surface area contributed by atoms with Crippen LogP contribution in [0, 0.1) is 0 Å². The minimum absolute atomic E-state index is 0.107. The van der Waals surface area contributed by atoms with E-state index in [2.05, 4.69) is 195 Å². The number of nitrogens with zero attached hydrogens (tertiary/aromatic N) is 2. The molecule has 0 saturated heterocycles. The molecule has 0 fully saturated rings. The van der Waals surface area contributed by atoms with E-state index in [0.29, 0.717) is 35.5 Å². The van der Waals surface area contributed by atoms with Crippen LogP contribution in [0.3, 0.4) is 0 Å². The monoisotopic (exact) mass is 846 g/mol. The average molecular weight is 847 g/mol. The lowest BCUT2D eigenvalue weighted by Gasteiger charge is -2.43. The van der Waals surface area contributed by atoms with Crippen molar-refractivity contribution in [3.8, 4) is 22.5 Å². The second-order valence-corrected chi connectivity index (χ2v) is 25.6. The predicted octanol–water partition coefficient (Wildman–Crippen LogP) is 11.4. The molecule has 2 aromatic heterocycles. The van der Waals surface area contributed by atoms with Gasteiger partial charge in [-0.05, 0) is 141 Å². The average Bonchev–Trinajstić information content (AvgIpc) is 3.90. The largest absolute Gasteiger partial charge is 0.310 e. The molecule has 0 N–H and O–H groups in total. The maximum Gasteiger partial charge on any atom is 0.252 e. The molecule has 4 aliphatic rings. The zero-order chi connectivity index (χ0) is 44.2. The fraction of sp³-hybridized carbons (Fsp3) is 0.300. The molecule has 1 spiro atoms. The van der Waals surface area contributed by atoms with E-state index in [1.165, 1.54) is 116 Å². The van der Waals surface area contributed by atoms with Crippen molar-refractivity contribution in [1.29, 1.82) is 0 Å². The summed E-state index contributed by atoms with van der Waals surface area (Å²) in [6.45, 7) is 28.7. The van der Waals surface area contributed by atoms with Crippen LogP contribution in [-0.2, 0) is 0 Å². The van der Waals surface area contributed by atoms with Crippen molar-refractivity contribution in [2.45, 2.75) is 119 Å². The maximum atomic E-state index is 2.82. The van der Waals surface area contributed by atoms with Crippen LogP contribution in [0.25, 0.3) is 66.1 Å². The lowest BCUT2D eigenvalue weighted by molar-refractivity contribution is 0.866. The van der Waals surface area contributed by atoms with Gasteiger partial charge in [0.1, 0.15) is 0 Å². The molecule has 0 aliphatic carbocycles. The van der Waals surface area contributed by atoms with E-state index in [1.807, 2.05) is 0 Å². The molecular weight excluding hydrogens is 788 g/mol. The number of hydrogen-bond donors (Lipinski definition) is 0. The summed E-state index contributed by atoms with van der Waals surface area (Å²) in [5, 5.41) is 12.1. The summed E-state index contributed by atoms with van der Waals surface area (Å²) < 4.78 is 5.55. The second-order valence-electron chi connectivity index (χ2n) is 22.0. The zero-order valence-electron chi connectivity index (χ0n) is 39.8. The molecule has 6 heterocycles. The molecule has 64 heavy (non-hydrogen) atoms. The van der Waals surface area contributed by atoms with Crippen molar-refractivity contribution < 1.29 is 0 Å². The smallest absolute Gasteiger partial charge is 0.252 e. The first-order valence-electron chi connectivity index (χ1n) is 24.5. The van der Waals surface area contributed by atoms with Crippen molar-refractivity contribution in [2.75, 3.05) is 0 Å². The van der Waals surface area contributed by atoms with Crippen LogP contribution in [0.4, 0.5) is 0 Å². The topological polar surface area (TPSA) is 9.86 Å². The molecule has 2 nitrogen and oxygen atoms in total. The lowest BCUT2D eigenvalue weighted by atomic mass is 9.34. The predicted molar refractivity (Wildman–Crippen MR) is 280 cm³/mol. The van der Waals surface area contributed by atoms with E-state index >= 15 is 0 Å². The molecule has 316 valence electrons. The van der Waals surface area contributed by atoms with E-state index in [9.17, 15) is 0 Å². The number of rotatable bonds is 6. The molecule has 4 heteroatoms. The highest BCUT2D eigenvalue weighted by atomic mass is 28.3. The fourth-order valence-electron chi connectivity index (χ4n) is 13.4. The molecule has 0 saturated carbocycles. The van der Waals surface area contributed by atoms with Gasteiger partial charge in [-0.2, -0.15) is 0 Å². The Hall–Kier alpha value is -5.58. The Labute approximate surface area is 380 Å². The van der Waals surface area contributed by atoms with Crippen molar-refractivity contribution in [1.82, 2.24) is 9.13 Å². The minimum atomic E-state index is -2.94. The zero-order valence-corrected chi connectivity index (χ0v) is 40.8. The Morgan fingerprint density at radius 2 is 1.00 bits per heavy atom. The van der Waals surface area contributed by atoms with Gasteiger partial charge in [-0.3, -0.25) is 0 Å². The van der Waals surface area contributed by atoms with Crippen LogP contribution >= 0.6 is 0 Å². The van der Waals surface area contributed by atoms with Gasteiger partial charge in [0.2, 0.25) is 0 Å².